The molecular formula is C12H24N2O3S. The Labute approximate surface area is 113 Å². The second kappa shape index (κ2) is 9.08. The van der Waals surface area contributed by atoms with Crippen LogP contribution in [0.3, 0.4) is 0 Å². The Bertz CT molecular complexity index is 272. The van der Waals surface area contributed by atoms with Gasteiger partial charge < -0.3 is 15.3 Å². The predicted molar refractivity (Wildman–Crippen MR) is 75.1 cm³/mol. The van der Waals surface area contributed by atoms with Crippen LogP contribution in [0.15, 0.2) is 0 Å². The van der Waals surface area contributed by atoms with Gasteiger partial charge in [0, 0.05) is 12.6 Å². The number of nitrogens with zero attached hydrogens (tertiary/aromatic N) is 1. The highest BCUT2D eigenvalue weighted by atomic mass is 32.2. The number of carbonyl (C=O) groups excluding carboxylic acids is 1. The van der Waals surface area contributed by atoms with Crippen molar-refractivity contribution in [3.8, 4) is 0 Å². The fraction of sp³-hybridized carbons (Fsp3) is 0.833. The normalized spacial score (nSPS) is 12.3. The summed E-state index contributed by atoms with van der Waals surface area (Å²) in [7, 11) is 0. The fourth-order valence-corrected chi connectivity index (χ4v) is 2.03. The first-order valence-corrected chi connectivity index (χ1v) is 7.62. The van der Waals surface area contributed by atoms with Gasteiger partial charge in [-0.1, -0.05) is 6.92 Å². The third-order valence-corrected chi connectivity index (χ3v) is 3.20. The summed E-state index contributed by atoms with van der Waals surface area (Å²) in [5.74, 6) is -0.259. The van der Waals surface area contributed by atoms with Crippen molar-refractivity contribution >= 4 is 23.8 Å². The van der Waals surface area contributed by atoms with Crippen LogP contribution in [-0.2, 0) is 4.79 Å². The van der Waals surface area contributed by atoms with Crippen LogP contribution >= 0.6 is 11.8 Å². The zero-order valence-corrected chi connectivity index (χ0v) is 12.4. The SMILES string of the molecule is CCCN(C(=O)N[C@@H](CCSC)C(=O)O)C(C)C. The van der Waals surface area contributed by atoms with Crippen molar-refractivity contribution < 1.29 is 14.7 Å². The first-order chi connectivity index (χ1) is 8.43. The standard InChI is InChI=1S/C12H24N2O3S/c1-5-7-14(9(2)3)12(17)13-10(11(15)16)6-8-18-4/h9-10H,5-8H2,1-4H3,(H,13,17)(H,15,16)/t10-/m0/s1. The molecule has 0 rings (SSSR count). The minimum atomic E-state index is -0.974. The van der Waals surface area contributed by atoms with Crippen LogP contribution in [0.5, 0.6) is 0 Å². The molecule has 0 radical (unpaired) electrons. The van der Waals surface area contributed by atoms with E-state index < -0.39 is 12.0 Å². The summed E-state index contributed by atoms with van der Waals surface area (Å²) in [5, 5.41) is 11.6. The number of rotatable bonds is 8. The Morgan fingerprint density at radius 3 is 2.39 bits per heavy atom. The number of nitrogens with one attached hydrogen (secondary N) is 1. The van der Waals surface area contributed by atoms with E-state index >= 15 is 0 Å². The van der Waals surface area contributed by atoms with Crippen molar-refractivity contribution in [3.05, 3.63) is 0 Å². The van der Waals surface area contributed by atoms with Gasteiger partial charge in [-0.2, -0.15) is 11.8 Å². The van der Waals surface area contributed by atoms with E-state index in [1.807, 2.05) is 27.0 Å². The molecule has 0 aromatic rings. The van der Waals surface area contributed by atoms with Crippen LogP contribution in [0, 0.1) is 0 Å². The van der Waals surface area contributed by atoms with Crippen molar-refractivity contribution in [2.45, 2.75) is 45.7 Å². The molecule has 0 aliphatic heterocycles. The first kappa shape index (κ1) is 17.1. The molecule has 1 atom stereocenters. The van der Waals surface area contributed by atoms with Crippen molar-refractivity contribution in [3.63, 3.8) is 0 Å². The second-order valence-electron chi connectivity index (χ2n) is 4.41. The van der Waals surface area contributed by atoms with Gasteiger partial charge in [0.05, 0.1) is 0 Å². The summed E-state index contributed by atoms with van der Waals surface area (Å²) in [6, 6.07) is -1.02. The maximum absolute atomic E-state index is 12.0. The lowest BCUT2D eigenvalue weighted by atomic mass is 10.2. The lowest BCUT2D eigenvalue weighted by Gasteiger charge is -2.28. The molecular weight excluding hydrogens is 252 g/mol. The van der Waals surface area contributed by atoms with E-state index in [-0.39, 0.29) is 12.1 Å². The summed E-state index contributed by atoms with van der Waals surface area (Å²) in [6.07, 6.45) is 3.21. The quantitative estimate of drug-likeness (QED) is 0.711. The van der Waals surface area contributed by atoms with Gasteiger partial charge in [0.2, 0.25) is 0 Å². The van der Waals surface area contributed by atoms with E-state index in [9.17, 15) is 9.59 Å². The highest BCUT2D eigenvalue weighted by molar-refractivity contribution is 7.98. The third kappa shape index (κ3) is 6.14. The highest BCUT2D eigenvalue weighted by Gasteiger charge is 2.23. The number of carboxylic acid groups (broad SMARTS) is 1. The minimum absolute atomic E-state index is 0.0694. The van der Waals surface area contributed by atoms with Gasteiger partial charge in [-0.15, -0.1) is 0 Å². The molecule has 0 aromatic carbocycles. The van der Waals surface area contributed by atoms with E-state index in [1.165, 1.54) is 0 Å². The summed E-state index contributed by atoms with van der Waals surface area (Å²) in [5.41, 5.74) is 0. The smallest absolute Gasteiger partial charge is 0.326 e. The molecule has 0 unspecified atom stereocenters. The van der Waals surface area contributed by atoms with Gasteiger partial charge in [-0.05, 0) is 38.7 Å². The van der Waals surface area contributed by atoms with Gasteiger partial charge in [-0.25, -0.2) is 9.59 Å². The molecule has 5 nitrogen and oxygen atoms in total. The topological polar surface area (TPSA) is 69.6 Å². The lowest BCUT2D eigenvalue weighted by Crippen LogP contribution is -2.50. The molecule has 0 aromatic heterocycles. The molecule has 0 spiro atoms. The number of amides is 2. The Morgan fingerprint density at radius 1 is 1.39 bits per heavy atom. The summed E-state index contributed by atoms with van der Waals surface area (Å²) in [4.78, 5) is 24.7. The molecule has 0 aliphatic carbocycles. The van der Waals surface area contributed by atoms with Crippen molar-refractivity contribution in [2.75, 3.05) is 18.6 Å². The zero-order valence-electron chi connectivity index (χ0n) is 11.6. The van der Waals surface area contributed by atoms with Crippen LogP contribution in [0.1, 0.15) is 33.6 Å². The number of carbonyl (C=O) groups is 2. The van der Waals surface area contributed by atoms with Gasteiger partial charge in [0.25, 0.3) is 0 Å². The summed E-state index contributed by atoms with van der Waals surface area (Å²) < 4.78 is 0. The predicted octanol–water partition coefficient (Wildman–Crippen LogP) is 2.02. The van der Waals surface area contributed by atoms with Gasteiger partial charge in [0.15, 0.2) is 0 Å². The highest BCUT2D eigenvalue weighted by Crippen LogP contribution is 2.05. The molecule has 106 valence electrons. The number of thioether (sulfide) groups is 1. The van der Waals surface area contributed by atoms with Crippen LogP contribution in [0.4, 0.5) is 4.79 Å². The molecule has 6 heteroatoms. The van der Waals surface area contributed by atoms with E-state index in [0.29, 0.717) is 18.7 Å². The van der Waals surface area contributed by atoms with E-state index in [0.717, 1.165) is 6.42 Å². The molecule has 0 heterocycles. The van der Waals surface area contributed by atoms with Crippen molar-refractivity contribution in [1.82, 2.24) is 10.2 Å². The maximum Gasteiger partial charge on any atom is 0.326 e. The third-order valence-electron chi connectivity index (χ3n) is 2.56. The Kier molecular flexibility index (Phi) is 8.62. The molecule has 2 N–H and O–H groups in total. The number of urea groups is 1. The van der Waals surface area contributed by atoms with Crippen molar-refractivity contribution in [1.29, 1.82) is 0 Å². The zero-order chi connectivity index (χ0) is 14.1. The van der Waals surface area contributed by atoms with Gasteiger partial charge in [-0.3, -0.25) is 0 Å². The Morgan fingerprint density at radius 2 is 2.00 bits per heavy atom. The van der Waals surface area contributed by atoms with E-state index in [4.69, 9.17) is 5.11 Å². The maximum atomic E-state index is 12.0. The molecule has 0 bridgehead atoms. The molecule has 0 saturated carbocycles. The van der Waals surface area contributed by atoms with Crippen LogP contribution < -0.4 is 5.32 Å². The molecule has 0 saturated heterocycles. The summed E-state index contributed by atoms with van der Waals surface area (Å²) in [6.45, 7) is 6.48. The Balaban J connectivity index is 4.50. The number of hydrogen-bond acceptors (Lipinski definition) is 3. The van der Waals surface area contributed by atoms with E-state index in [1.54, 1.807) is 16.7 Å². The van der Waals surface area contributed by atoms with Gasteiger partial charge in [0.1, 0.15) is 6.04 Å². The number of carboxylic acids is 1. The fourth-order valence-electron chi connectivity index (χ4n) is 1.56. The van der Waals surface area contributed by atoms with Crippen LogP contribution in [0.25, 0.3) is 0 Å². The molecule has 0 fully saturated rings. The average molecular weight is 276 g/mol. The summed E-state index contributed by atoms with van der Waals surface area (Å²) >= 11 is 1.57. The number of aliphatic carboxylic acids is 1. The van der Waals surface area contributed by atoms with Gasteiger partial charge >= 0.3 is 12.0 Å². The number of hydrogen-bond donors (Lipinski definition) is 2. The van der Waals surface area contributed by atoms with E-state index in [2.05, 4.69) is 5.32 Å². The largest absolute Gasteiger partial charge is 0.480 e. The Hall–Kier alpha value is -0.910. The van der Waals surface area contributed by atoms with Crippen LogP contribution in [-0.4, -0.2) is 52.6 Å². The minimum Gasteiger partial charge on any atom is -0.480 e. The molecule has 18 heavy (non-hydrogen) atoms. The second-order valence-corrected chi connectivity index (χ2v) is 5.39. The molecule has 2 amide bonds. The lowest BCUT2D eigenvalue weighted by molar-refractivity contribution is -0.139. The van der Waals surface area contributed by atoms with Crippen LogP contribution in [0.2, 0.25) is 0 Å². The van der Waals surface area contributed by atoms with Crippen molar-refractivity contribution in [2.24, 2.45) is 0 Å². The molecule has 0 aliphatic rings. The first-order valence-electron chi connectivity index (χ1n) is 6.22. The average Bonchev–Trinajstić information content (AvgIpc) is 2.30. The monoisotopic (exact) mass is 276 g/mol.